The number of aromatic nitrogens is 3. The normalized spacial score (nSPS) is 16.6. The van der Waals surface area contributed by atoms with Crippen LogP contribution in [0.2, 0.25) is 0 Å². The highest BCUT2D eigenvalue weighted by Gasteiger charge is 2.36. The van der Waals surface area contributed by atoms with Gasteiger partial charge in [-0.05, 0) is 67.9 Å². The maximum Gasteiger partial charge on any atom is 0.337 e. The van der Waals surface area contributed by atoms with Gasteiger partial charge in [0.05, 0.1) is 17.0 Å². The Labute approximate surface area is 169 Å². The molecule has 2 aliphatic rings. The molecule has 6 heteroatoms. The summed E-state index contributed by atoms with van der Waals surface area (Å²) in [7, 11) is 0. The Morgan fingerprint density at radius 2 is 2.07 bits per heavy atom. The van der Waals surface area contributed by atoms with Crippen LogP contribution in [-0.4, -0.2) is 31.6 Å². The van der Waals surface area contributed by atoms with Gasteiger partial charge in [-0.3, -0.25) is 9.97 Å². The van der Waals surface area contributed by atoms with E-state index in [0.717, 1.165) is 70.6 Å². The van der Waals surface area contributed by atoms with Crippen molar-refractivity contribution in [1.29, 1.82) is 0 Å². The van der Waals surface area contributed by atoms with Crippen LogP contribution in [0.15, 0.2) is 30.7 Å². The van der Waals surface area contributed by atoms with Crippen LogP contribution < -0.4 is 5.73 Å². The van der Waals surface area contributed by atoms with Crippen molar-refractivity contribution in [3.05, 3.63) is 58.7 Å². The molecule has 5 rings (SSSR count). The summed E-state index contributed by atoms with van der Waals surface area (Å²) in [6.45, 7) is 2.01. The Balaban J connectivity index is 1.63. The molecule has 3 aromatic heterocycles. The maximum absolute atomic E-state index is 12.1. The van der Waals surface area contributed by atoms with Crippen molar-refractivity contribution in [2.75, 3.05) is 0 Å². The van der Waals surface area contributed by atoms with Gasteiger partial charge in [0.1, 0.15) is 0 Å². The molecule has 3 aromatic rings. The SMILES string of the molecule is Cc1cncc(-c2cc3c(cn2)CCc2c-3[nH]c(CC3(N)CCC3)c2C(=O)O)c1. The van der Waals surface area contributed by atoms with E-state index < -0.39 is 5.97 Å². The molecule has 0 saturated heterocycles. The number of nitrogens with one attached hydrogen (secondary N) is 1. The summed E-state index contributed by atoms with van der Waals surface area (Å²) in [5, 5.41) is 9.93. The fraction of sp³-hybridized carbons (Fsp3) is 0.348. The van der Waals surface area contributed by atoms with E-state index in [1.54, 1.807) is 0 Å². The van der Waals surface area contributed by atoms with Crippen molar-refractivity contribution < 1.29 is 9.90 Å². The summed E-state index contributed by atoms with van der Waals surface area (Å²) < 4.78 is 0. The molecule has 6 nitrogen and oxygen atoms in total. The molecule has 0 aromatic carbocycles. The molecule has 3 heterocycles. The van der Waals surface area contributed by atoms with Crippen LogP contribution in [0.25, 0.3) is 22.5 Å². The number of aromatic carboxylic acids is 1. The summed E-state index contributed by atoms with van der Waals surface area (Å²) in [4.78, 5) is 24.5. The van der Waals surface area contributed by atoms with Crippen LogP contribution in [0.4, 0.5) is 0 Å². The van der Waals surface area contributed by atoms with Gasteiger partial charge in [0, 0.05) is 47.4 Å². The quantitative estimate of drug-likeness (QED) is 0.632. The first-order chi connectivity index (χ1) is 13.9. The first-order valence-electron chi connectivity index (χ1n) is 10.1. The first kappa shape index (κ1) is 18.1. The third kappa shape index (κ3) is 3.04. The van der Waals surface area contributed by atoms with Gasteiger partial charge in [0.15, 0.2) is 0 Å². The number of carboxylic acids is 1. The van der Waals surface area contributed by atoms with E-state index in [-0.39, 0.29) is 5.54 Å². The van der Waals surface area contributed by atoms with Gasteiger partial charge in [0.2, 0.25) is 0 Å². The molecule has 0 radical (unpaired) electrons. The van der Waals surface area contributed by atoms with Crippen molar-refractivity contribution in [1.82, 2.24) is 15.0 Å². The van der Waals surface area contributed by atoms with Crippen LogP contribution in [0, 0.1) is 6.92 Å². The minimum absolute atomic E-state index is 0.281. The second kappa shape index (κ2) is 6.52. The molecular weight excluding hydrogens is 364 g/mol. The Morgan fingerprint density at radius 1 is 1.24 bits per heavy atom. The number of H-pyrrole nitrogens is 1. The van der Waals surface area contributed by atoms with E-state index in [9.17, 15) is 9.90 Å². The molecule has 1 saturated carbocycles. The fourth-order valence-corrected chi connectivity index (χ4v) is 4.65. The predicted octanol–water partition coefficient (Wildman–Crippen LogP) is 3.67. The van der Waals surface area contributed by atoms with Gasteiger partial charge in [-0.1, -0.05) is 0 Å². The molecule has 2 aliphatic carbocycles. The fourth-order valence-electron chi connectivity index (χ4n) is 4.65. The van der Waals surface area contributed by atoms with Crippen molar-refractivity contribution in [2.24, 2.45) is 5.73 Å². The molecular formula is C23H24N4O2. The van der Waals surface area contributed by atoms with Gasteiger partial charge >= 0.3 is 5.97 Å². The Bertz CT molecular complexity index is 1130. The second-order valence-corrected chi connectivity index (χ2v) is 8.51. The number of aryl methyl sites for hydroxylation is 2. The van der Waals surface area contributed by atoms with Crippen LogP contribution in [-0.2, 0) is 19.3 Å². The number of carbonyl (C=O) groups is 1. The summed E-state index contributed by atoms with van der Waals surface area (Å²) >= 11 is 0. The average molecular weight is 388 g/mol. The number of fused-ring (bicyclic) bond motifs is 3. The topological polar surface area (TPSA) is 105 Å². The number of pyridine rings is 2. The van der Waals surface area contributed by atoms with Gasteiger partial charge < -0.3 is 15.8 Å². The number of carboxylic acid groups (broad SMARTS) is 1. The van der Waals surface area contributed by atoms with Crippen LogP contribution >= 0.6 is 0 Å². The van der Waals surface area contributed by atoms with Crippen molar-refractivity contribution >= 4 is 5.97 Å². The van der Waals surface area contributed by atoms with Crippen molar-refractivity contribution in [3.8, 4) is 22.5 Å². The largest absolute Gasteiger partial charge is 0.478 e. The number of nitrogens with two attached hydrogens (primary N) is 1. The van der Waals surface area contributed by atoms with E-state index >= 15 is 0 Å². The molecule has 0 bridgehead atoms. The maximum atomic E-state index is 12.1. The standard InChI is InChI=1S/C23H24N4O2/c1-13-7-15(11-25-10-13)18-8-17-14(12-26-18)3-4-16-20(22(28)29)19(27-21(16)17)9-23(24)5-2-6-23/h7-8,10-12,27H,2-6,9,24H2,1H3,(H,28,29). The van der Waals surface area contributed by atoms with E-state index in [1.165, 1.54) is 0 Å². The molecule has 29 heavy (non-hydrogen) atoms. The second-order valence-electron chi connectivity index (χ2n) is 8.51. The van der Waals surface area contributed by atoms with Crippen LogP contribution in [0.3, 0.4) is 0 Å². The van der Waals surface area contributed by atoms with Gasteiger partial charge in [-0.25, -0.2) is 4.79 Å². The molecule has 1 fully saturated rings. The first-order valence-corrected chi connectivity index (χ1v) is 10.1. The molecule has 0 spiro atoms. The lowest BCUT2D eigenvalue weighted by atomic mass is 9.74. The average Bonchev–Trinajstić information content (AvgIpc) is 3.04. The zero-order valence-corrected chi connectivity index (χ0v) is 16.5. The summed E-state index contributed by atoms with van der Waals surface area (Å²) in [5.41, 5.74) is 14.2. The van der Waals surface area contributed by atoms with Gasteiger partial charge in [-0.2, -0.15) is 0 Å². The van der Waals surface area contributed by atoms with Crippen LogP contribution in [0.1, 0.15) is 52.0 Å². The summed E-state index contributed by atoms with van der Waals surface area (Å²) in [6, 6.07) is 4.11. The molecule has 0 unspecified atom stereocenters. The minimum atomic E-state index is -0.874. The zero-order chi connectivity index (χ0) is 20.2. The van der Waals surface area contributed by atoms with E-state index in [0.29, 0.717) is 18.4 Å². The van der Waals surface area contributed by atoms with Crippen molar-refractivity contribution in [3.63, 3.8) is 0 Å². The number of rotatable bonds is 4. The molecule has 148 valence electrons. The third-order valence-corrected chi connectivity index (χ3v) is 6.34. The zero-order valence-electron chi connectivity index (χ0n) is 16.5. The molecule has 0 atom stereocenters. The summed E-state index contributed by atoms with van der Waals surface area (Å²) in [5.74, 6) is -0.874. The number of nitrogens with zero attached hydrogens (tertiary/aromatic N) is 2. The highest BCUT2D eigenvalue weighted by molar-refractivity contribution is 5.94. The lowest BCUT2D eigenvalue weighted by Gasteiger charge is -2.38. The number of hydrogen-bond donors (Lipinski definition) is 3. The van der Waals surface area contributed by atoms with E-state index in [1.807, 2.05) is 25.5 Å². The van der Waals surface area contributed by atoms with Gasteiger partial charge in [-0.15, -0.1) is 0 Å². The Kier molecular flexibility index (Phi) is 4.06. The lowest BCUT2D eigenvalue weighted by Crippen LogP contribution is -2.48. The minimum Gasteiger partial charge on any atom is -0.478 e. The summed E-state index contributed by atoms with van der Waals surface area (Å²) in [6.07, 6.45) is 10.6. The molecule has 0 aliphatic heterocycles. The van der Waals surface area contributed by atoms with Crippen LogP contribution in [0.5, 0.6) is 0 Å². The highest BCUT2D eigenvalue weighted by atomic mass is 16.4. The third-order valence-electron chi connectivity index (χ3n) is 6.34. The van der Waals surface area contributed by atoms with Crippen molar-refractivity contribution in [2.45, 2.75) is 51.0 Å². The highest BCUT2D eigenvalue weighted by Crippen LogP contribution is 2.40. The predicted molar refractivity (Wildman–Crippen MR) is 111 cm³/mol. The Morgan fingerprint density at radius 3 is 2.76 bits per heavy atom. The smallest absolute Gasteiger partial charge is 0.337 e. The Hall–Kier alpha value is -2.99. The molecule has 4 N–H and O–H groups in total. The number of hydrogen-bond acceptors (Lipinski definition) is 4. The lowest BCUT2D eigenvalue weighted by molar-refractivity contribution is 0.0694. The molecule has 0 amide bonds. The van der Waals surface area contributed by atoms with E-state index in [2.05, 4.69) is 27.1 Å². The van der Waals surface area contributed by atoms with Gasteiger partial charge in [0.25, 0.3) is 0 Å². The number of aromatic amines is 1. The van der Waals surface area contributed by atoms with E-state index in [4.69, 9.17) is 5.73 Å². The monoisotopic (exact) mass is 388 g/mol.